The van der Waals surface area contributed by atoms with Gasteiger partial charge in [-0.25, -0.2) is 22.3 Å². The lowest BCUT2D eigenvalue weighted by atomic mass is 10.2. The van der Waals surface area contributed by atoms with Crippen molar-refractivity contribution in [3.05, 3.63) is 29.6 Å². The third kappa shape index (κ3) is 3.75. The van der Waals surface area contributed by atoms with Crippen molar-refractivity contribution in [2.75, 3.05) is 20.7 Å². The summed E-state index contributed by atoms with van der Waals surface area (Å²) in [6.07, 6.45) is 0. The van der Waals surface area contributed by atoms with E-state index < -0.39 is 39.2 Å². The smallest absolute Gasteiger partial charge is 0.339 e. The summed E-state index contributed by atoms with van der Waals surface area (Å²) in [5, 5.41) is 2.22. The van der Waals surface area contributed by atoms with Crippen molar-refractivity contribution in [1.82, 2.24) is 10.0 Å². The van der Waals surface area contributed by atoms with Gasteiger partial charge in [-0.3, -0.25) is 4.79 Å². The van der Waals surface area contributed by atoms with Crippen LogP contribution in [0.15, 0.2) is 23.1 Å². The van der Waals surface area contributed by atoms with E-state index in [2.05, 4.69) is 10.1 Å². The molecule has 7 nitrogen and oxygen atoms in total. The maximum atomic E-state index is 13.2. The maximum Gasteiger partial charge on any atom is 0.339 e. The van der Waals surface area contributed by atoms with E-state index in [4.69, 9.17) is 0 Å². The van der Waals surface area contributed by atoms with Crippen molar-refractivity contribution in [2.45, 2.75) is 4.90 Å². The molecular formula is C11H13FN2O5S. The SMILES string of the molecule is CNC(=O)CNS(=O)(=O)c1cc(F)ccc1C(=O)OC. The number of carbonyl (C=O) groups excluding carboxylic acids is 2. The Morgan fingerprint density at radius 3 is 2.55 bits per heavy atom. The Morgan fingerprint density at radius 2 is 2.00 bits per heavy atom. The largest absolute Gasteiger partial charge is 0.465 e. The third-order valence-corrected chi connectivity index (χ3v) is 3.78. The van der Waals surface area contributed by atoms with Gasteiger partial charge in [0.1, 0.15) is 5.82 Å². The van der Waals surface area contributed by atoms with Crippen LogP contribution in [0.2, 0.25) is 0 Å². The number of carbonyl (C=O) groups is 2. The minimum absolute atomic E-state index is 0.321. The van der Waals surface area contributed by atoms with E-state index in [0.717, 1.165) is 19.2 Å². The molecular weight excluding hydrogens is 291 g/mol. The van der Waals surface area contributed by atoms with Crippen LogP contribution in [0.3, 0.4) is 0 Å². The molecule has 0 saturated heterocycles. The number of amides is 1. The molecule has 0 fully saturated rings. The molecule has 1 rings (SSSR count). The summed E-state index contributed by atoms with van der Waals surface area (Å²) in [5.74, 6) is -2.34. The number of esters is 1. The number of rotatable bonds is 5. The Hall–Kier alpha value is -2.00. The van der Waals surface area contributed by atoms with Gasteiger partial charge in [-0.15, -0.1) is 0 Å². The summed E-state index contributed by atoms with van der Waals surface area (Å²) < 4.78 is 43.5. The third-order valence-electron chi connectivity index (χ3n) is 2.34. The van der Waals surface area contributed by atoms with E-state index in [1.165, 1.54) is 7.05 Å². The molecule has 0 bridgehead atoms. The molecule has 0 aliphatic carbocycles. The molecule has 9 heteroatoms. The van der Waals surface area contributed by atoms with E-state index in [1.807, 2.05) is 4.72 Å². The Kier molecular flexibility index (Phi) is 5.17. The normalized spacial score (nSPS) is 10.9. The maximum absolute atomic E-state index is 13.2. The average molecular weight is 304 g/mol. The van der Waals surface area contributed by atoms with E-state index >= 15 is 0 Å². The Labute approximate surface area is 115 Å². The highest BCUT2D eigenvalue weighted by molar-refractivity contribution is 7.89. The van der Waals surface area contributed by atoms with Gasteiger partial charge < -0.3 is 10.1 Å². The van der Waals surface area contributed by atoms with E-state index in [0.29, 0.717) is 6.07 Å². The van der Waals surface area contributed by atoms with E-state index in [1.54, 1.807) is 0 Å². The van der Waals surface area contributed by atoms with Crippen LogP contribution in [-0.4, -0.2) is 41.0 Å². The summed E-state index contributed by atoms with van der Waals surface area (Å²) in [7, 11) is -1.82. The highest BCUT2D eigenvalue weighted by Gasteiger charge is 2.24. The number of nitrogens with one attached hydrogen (secondary N) is 2. The predicted octanol–water partition coefficient (Wildman–Crippen LogP) is -0.363. The van der Waals surface area contributed by atoms with Crippen LogP contribution in [0.4, 0.5) is 4.39 Å². The van der Waals surface area contributed by atoms with Crippen molar-refractivity contribution in [1.29, 1.82) is 0 Å². The molecule has 0 atom stereocenters. The molecule has 0 spiro atoms. The number of hydrogen-bond donors (Lipinski definition) is 2. The topological polar surface area (TPSA) is 102 Å². The first-order valence-corrected chi connectivity index (χ1v) is 6.88. The molecule has 0 saturated carbocycles. The van der Waals surface area contributed by atoms with Gasteiger partial charge in [-0.2, -0.15) is 0 Å². The molecule has 1 aromatic carbocycles. The van der Waals surface area contributed by atoms with Crippen molar-refractivity contribution in [3.8, 4) is 0 Å². The quantitative estimate of drug-likeness (QED) is 0.723. The van der Waals surface area contributed by atoms with Gasteiger partial charge in [0, 0.05) is 7.05 Å². The molecule has 0 radical (unpaired) electrons. The molecule has 0 heterocycles. The number of benzene rings is 1. The zero-order valence-electron chi connectivity index (χ0n) is 10.8. The fourth-order valence-electron chi connectivity index (χ4n) is 1.32. The minimum atomic E-state index is -4.23. The van der Waals surface area contributed by atoms with E-state index in [-0.39, 0.29) is 5.56 Å². The second-order valence-electron chi connectivity index (χ2n) is 3.63. The number of ether oxygens (including phenoxy) is 1. The molecule has 0 aliphatic rings. The Morgan fingerprint density at radius 1 is 1.35 bits per heavy atom. The minimum Gasteiger partial charge on any atom is -0.465 e. The predicted molar refractivity (Wildman–Crippen MR) is 67.0 cm³/mol. The summed E-state index contributed by atoms with van der Waals surface area (Å²) >= 11 is 0. The summed E-state index contributed by atoms with van der Waals surface area (Å²) in [4.78, 5) is 21.9. The van der Waals surface area contributed by atoms with Crippen LogP contribution in [0.25, 0.3) is 0 Å². The van der Waals surface area contributed by atoms with Crippen LogP contribution >= 0.6 is 0 Å². The highest BCUT2D eigenvalue weighted by atomic mass is 32.2. The van der Waals surface area contributed by atoms with Gasteiger partial charge >= 0.3 is 5.97 Å². The first kappa shape index (κ1) is 16.1. The van der Waals surface area contributed by atoms with E-state index in [9.17, 15) is 22.4 Å². The lowest BCUT2D eigenvalue weighted by Gasteiger charge is -2.10. The number of methoxy groups -OCH3 is 1. The number of sulfonamides is 1. The molecule has 0 unspecified atom stereocenters. The van der Waals surface area contributed by atoms with Crippen molar-refractivity contribution in [2.24, 2.45) is 0 Å². The molecule has 0 aliphatic heterocycles. The zero-order valence-corrected chi connectivity index (χ0v) is 11.6. The van der Waals surface area contributed by atoms with Crippen molar-refractivity contribution >= 4 is 21.9 Å². The van der Waals surface area contributed by atoms with Crippen LogP contribution < -0.4 is 10.0 Å². The molecule has 0 aromatic heterocycles. The second-order valence-corrected chi connectivity index (χ2v) is 5.37. The van der Waals surface area contributed by atoms with Gasteiger partial charge in [0.15, 0.2) is 0 Å². The van der Waals surface area contributed by atoms with Crippen molar-refractivity contribution < 1.29 is 27.1 Å². The van der Waals surface area contributed by atoms with Gasteiger partial charge in [0.05, 0.1) is 24.1 Å². The molecule has 1 amide bonds. The standard InChI is InChI=1S/C11H13FN2O5S/c1-13-10(15)6-14-20(17,18)9-5-7(12)3-4-8(9)11(16)19-2/h3-5,14H,6H2,1-2H3,(H,13,15). The molecule has 110 valence electrons. The Balaban J connectivity index is 3.19. The second kappa shape index (κ2) is 6.44. The Bertz CT molecular complexity index is 630. The highest BCUT2D eigenvalue weighted by Crippen LogP contribution is 2.18. The first-order valence-electron chi connectivity index (χ1n) is 5.40. The average Bonchev–Trinajstić information content (AvgIpc) is 2.43. The number of likely N-dealkylation sites (N-methyl/N-ethyl adjacent to an activating group) is 1. The zero-order chi connectivity index (χ0) is 15.3. The summed E-state index contributed by atoms with van der Waals surface area (Å²) in [6.45, 7) is -0.532. The molecule has 20 heavy (non-hydrogen) atoms. The van der Waals surface area contributed by atoms with Gasteiger partial charge in [-0.05, 0) is 18.2 Å². The van der Waals surface area contributed by atoms with Gasteiger partial charge in [0.2, 0.25) is 15.9 Å². The molecule has 1 aromatic rings. The molecule has 2 N–H and O–H groups in total. The van der Waals surface area contributed by atoms with Gasteiger partial charge in [0.25, 0.3) is 0 Å². The number of hydrogen-bond acceptors (Lipinski definition) is 5. The lowest BCUT2D eigenvalue weighted by Crippen LogP contribution is -2.35. The fraction of sp³-hybridized carbons (Fsp3) is 0.273. The first-order chi connectivity index (χ1) is 9.31. The summed E-state index contributed by atoms with van der Waals surface area (Å²) in [6, 6.07) is 2.61. The van der Waals surface area contributed by atoms with Gasteiger partial charge in [-0.1, -0.05) is 0 Å². The van der Waals surface area contributed by atoms with Crippen LogP contribution in [0.1, 0.15) is 10.4 Å². The summed E-state index contributed by atoms with van der Waals surface area (Å²) in [5.41, 5.74) is -0.321. The van der Waals surface area contributed by atoms with Crippen LogP contribution in [0, 0.1) is 5.82 Å². The van der Waals surface area contributed by atoms with Crippen LogP contribution in [-0.2, 0) is 19.6 Å². The van der Waals surface area contributed by atoms with Crippen molar-refractivity contribution in [3.63, 3.8) is 0 Å². The number of halogens is 1. The lowest BCUT2D eigenvalue weighted by molar-refractivity contribution is -0.119. The monoisotopic (exact) mass is 304 g/mol. The van der Waals surface area contributed by atoms with Crippen LogP contribution in [0.5, 0.6) is 0 Å². The fourth-order valence-corrected chi connectivity index (χ4v) is 2.51.